The molecule has 2 N–H and O–H groups in total. The van der Waals surface area contributed by atoms with E-state index in [9.17, 15) is 10.2 Å². The number of terminal acetylenes is 1. The van der Waals surface area contributed by atoms with Crippen molar-refractivity contribution in [3.05, 3.63) is 0 Å². The third-order valence-corrected chi connectivity index (χ3v) is 2.32. The molecule has 2 aliphatic rings. The number of hydrogen-bond acceptors (Lipinski definition) is 4. The average molecular weight is 170 g/mol. The quantitative estimate of drug-likeness (QED) is 0.444. The van der Waals surface area contributed by atoms with Gasteiger partial charge in [0.05, 0.1) is 12.5 Å². The molecule has 2 saturated heterocycles. The van der Waals surface area contributed by atoms with Gasteiger partial charge in [-0.15, -0.1) is 6.42 Å². The minimum absolute atomic E-state index is 0.265. The maximum absolute atomic E-state index is 9.47. The van der Waals surface area contributed by atoms with Gasteiger partial charge >= 0.3 is 0 Å². The van der Waals surface area contributed by atoms with Crippen LogP contribution in [0.4, 0.5) is 0 Å². The van der Waals surface area contributed by atoms with Crippen LogP contribution in [0.5, 0.6) is 0 Å². The summed E-state index contributed by atoms with van der Waals surface area (Å²) in [7, 11) is 0. The minimum Gasteiger partial charge on any atom is -0.389 e. The summed E-state index contributed by atoms with van der Waals surface area (Å²) in [6.07, 6.45) is 2.27. The lowest BCUT2D eigenvalue weighted by Crippen LogP contribution is -2.49. The Morgan fingerprint density at radius 1 is 1.33 bits per heavy atom. The zero-order valence-electron chi connectivity index (χ0n) is 6.38. The molecule has 2 fully saturated rings. The first-order valence-electron chi connectivity index (χ1n) is 3.83. The molecule has 12 heavy (non-hydrogen) atoms. The van der Waals surface area contributed by atoms with E-state index in [1.165, 1.54) is 0 Å². The summed E-state index contributed by atoms with van der Waals surface area (Å²) in [5, 5.41) is 18.8. The Hall–Kier alpha value is -0.600. The molecule has 0 aliphatic carbocycles. The van der Waals surface area contributed by atoms with Gasteiger partial charge < -0.3 is 19.7 Å². The number of rotatable bonds is 0. The number of hydrogen-bond donors (Lipinski definition) is 2. The summed E-state index contributed by atoms with van der Waals surface area (Å²) in [5.74, 6) is 1.94. The van der Waals surface area contributed by atoms with Gasteiger partial charge in [0, 0.05) is 0 Å². The fraction of sp³-hybridized carbons (Fsp3) is 0.750. The van der Waals surface area contributed by atoms with Crippen LogP contribution >= 0.6 is 0 Å². The van der Waals surface area contributed by atoms with Gasteiger partial charge in [0.2, 0.25) is 0 Å². The molecule has 2 heterocycles. The van der Waals surface area contributed by atoms with Crippen molar-refractivity contribution in [1.82, 2.24) is 0 Å². The molecule has 5 unspecified atom stereocenters. The first-order chi connectivity index (χ1) is 5.74. The monoisotopic (exact) mass is 170 g/mol. The summed E-state index contributed by atoms with van der Waals surface area (Å²) in [5.41, 5.74) is 0. The molecule has 4 nitrogen and oxygen atoms in total. The highest BCUT2D eigenvalue weighted by molar-refractivity contribution is 5.07. The van der Waals surface area contributed by atoms with Crippen LogP contribution in [0.1, 0.15) is 0 Å². The van der Waals surface area contributed by atoms with Crippen LogP contribution in [-0.4, -0.2) is 41.4 Å². The van der Waals surface area contributed by atoms with E-state index in [-0.39, 0.29) is 6.10 Å². The Labute approximate surface area is 70.1 Å². The van der Waals surface area contributed by atoms with E-state index in [2.05, 4.69) is 5.92 Å². The lowest BCUT2D eigenvalue weighted by molar-refractivity contribution is -0.204. The molecule has 4 heteroatoms. The molecular weight excluding hydrogens is 160 g/mol. The topological polar surface area (TPSA) is 58.9 Å². The lowest BCUT2D eigenvalue weighted by Gasteiger charge is -2.32. The van der Waals surface area contributed by atoms with E-state index in [0.717, 1.165) is 0 Å². The smallest absolute Gasteiger partial charge is 0.186 e. The largest absolute Gasteiger partial charge is 0.389 e. The average Bonchev–Trinajstić information content (AvgIpc) is 2.49. The van der Waals surface area contributed by atoms with Crippen molar-refractivity contribution < 1.29 is 19.7 Å². The van der Waals surface area contributed by atoms with Gasteiger partial charge in [0.15, 0.2) is 6.29 Å². The van der Waals surface area contributed by atoms with Crippen molar-refractivity contribution in [2.24, 2.45) is 5.92 Å². The fourth-order valence-corrected chi connectivity index (χ4v) is 1.61. The first kappa shape index (κ1) is 8.02. The van der Waals surface area contributed by atoms with Crippen molar-refractivity contribution in [3.8, 4) is 12.3 Å². The zero-order valence-corrected chi connectivity index (χ0v) is 6.38. The summed E-state index contributed by atoms with van der Waals surface area (Å²) in [6, 6.07) is 0. The van der Waals surface area contributed by atoms with Crippen molar-refractivity contribution in [1.29, 1.82) is 0 Å². The Kier molecular flexibility index (Phi) is 1.81. The third-order valence-electron chi connectivity index (χ3n) is 2.32. The zero-order chi connectivity index (χ0) is 8.72. The van der Waals surface area contributed by atoms with Gasteiger partial charge in [-0.2, -0.15) is 0 Å². The second-order valence-corrected chi connectivity index (χ2v) is 3.05. The van der Waals surface area contributed by atoms with E-state index in [4.69, 9.17) is 15.9 Å². The van der Waals surface area contributed by atoms with Crippen LogP contribution in [-0.2, 0) is 9.47 Å². The van der Waals surface area contributed by atoms with Gasteiger partial charge in [0.1, 0.15) is 18.3 Å². The predicted octanol–water partition coefficient (Wildman–Crippen LogP) is -1.29. The maximum atomic E-state index is 9.47. The molecule has 0 aromatic rings. The van der Waals surface area contributed by atoms with Crippen LogP contribution in [0.15, 0.2) is 0 Å². The Balaban J connectivity index is 2.21. The Morgan fingerprint density at radius 3 is 2.75 bits per heavy atom. The van der Waals surface area contributed by atoms with E-state index in [1.807, 2.05) is 0 Å². The molecule has 0 spiro atoms. The predicted molar refractivity (Wildman–Crippen MR) is 38.9 cm³/mol. The van der Waals surface area contributed by atoms with Crippen molar-refractivity contribution >= 4 is 0 Å². The van der Waals surface area contributed by atoms with Gasteiger partial charge in [-0.1, -0.05) is 5.92 Å². The Bertz CT molecular complexity index is 222. The van der Waals surface area contributed by atoms with E-state index in [1.54, 1.807) is 0 Å². The molecule has 0 aromatic carbocycles. The van der Waals surface area contributed by atoms with Gasteiger partial charge in [-0.3, -0.25) is 0 Å². The van der Waals surface area contributed by atoms with Crippen LogP contribution in [0.3, 0.4) is 0 Å². The molecule has 0 saturated carbocycles. The first-order valence-corrected chi connectivity index (χ1v) is 3.83. The molecule has 2 aliphatic heterocycles. The molecular formula is C8H10O4. The SMILES string of the molecule is C#CC1C2COC(O2)C(O)C1O. The van der Waals surface area contributed by atoms with Gasteiger partial charge in [-0.05, 0) is 0 Å². The third kappa shape index (κ3) is 0.952. The van der Waals surface area contributed by atoms with Crippen LogP contribution in [0.25, 0.3) is 0 Å². The lowest BCUT2D eigenvalue weighted by atomic mass is 9.91. The molecule has 2 rings (SSSR count). The highest BCUT2D eigenvalue weighted by Crippen LogP contribution is 2.31. The second-order valence-electron chi connectivity index (χ2n) is 3.05. The van der Waals surface area contributed by atoms with Crippen molar-refractivity contribution in [2.45, 2.75) is 24.6 Å². The highest BCUT2D eigenvalue weighted by Gasteiger charge is 2.48. The molecule has 0 amide bonds. The van der Waals surface area contributed by atoms with Crippen molar-refractivity contribution in [2.75, 3.05) is 6.61 Å². The summed E-state index contributed by atoms with van der Waals surface area (Å²) in [4.78, 5) is 0. The molecule has 5 atom stereocenters. The summed E-state index contributed by atoms with van der Waals surface area (Å²) < 4.78 is 10.3. The van der Waals surface area contributed by atoms with Gasteiger partial charge in [-0.25, -0.2) is 0 Å². The summed E-state index contributed by atoms with van der Waals surface area (Å²) >= 11 is 0. The number of fused-ring (bicyclic) bond motifs is 2. The minimum atomic E-state index is -1.02. The number of aliphatic hydroxyl groups excluding tert-OH is 2. The number of aliphatic hydroxyl groups is 2. The van der Waals surface area contributed by atoms with Crippen LogP contribution in [0, 0.1) is 18.3 Å². The highest BCUT2D eigenvalue weighted by atomic mass is 16.7. The normalized spacial score (nSPS) is 51.9. The van der Waals surface area contributed by atoms with E-state index < -0.39 is 24.4 Å². The van der Waals surface area contributed by atoms with Crippen molar-refractivity contribution in [3.63, 3.8) is 0 Å². The van der Waals surface area contributed by atoms with E-state index >= 15 is 0 Å². The molecule has 0 aromatic heterocycles. The fourth-order valence-electron chi connectivity index (χ4n) is 1.61. The number of ether oxygens (including phenoxy) is 2. The van der Waals surface area contributed by atoms with E-state index in [0.29, 0.717) is 6.61 Å². The van der Waals surface area contributed by atoms with Crippen LogP contribution < -0.4 is 0 Å². The molecule has 66 valence electrons. The maximum Gasteiger partial charge on any atom is 0.186 e. The van der Waals surface area contributed by atoms with Crippen LogP contribution in [0.2, 0.25) is 0 Å². The molecule has 0 radical (unpaired) electrons. The second kappa shape index (κ2) is 2.71. The molecule has 2 bridgehead atoms. The summed E-state index contributed by atoms with van der Waals surface area (Å²) in [6.45, 7) is 0.355. The van der Waals surface area contributed by atoms with Gasteiger partial charge in [0.25, 0.3) is 0 Å². The standard InChI is InChI=1S/C8H10O4/c1-2-4-5-3-11-8(12-5)7(10)6(4)9/h1,4-10H,3H2. The Morgan fingerprint density at radius 2 is 2.08 bits per heavy atom.